The number of nitrogens with zero attached hydrogens (tertiary/aromatic N) is 1. The van der Waals surface area contributed by atoms with Gasteiger partial charge in [-0.1, -0.05) is 26.0 Å². The van der Waals surface area contributed by atoms with Crippen LogP contribution in [0.15, 0.2) is 42.6 Å². The molecule has 0 atom stereocenters. The highest BCUT2D eigenvalue weighted by atomic mass is 16.2. The predicted octanol–water partition coefficient (Wildman–Crippen LogP) is 2.55. The summed E-state index contributed by atoms with van der Waals surface area (Å²) >= 11 is 0. The van der Waals surface area contributed by atoms with Crippen LogP contribution < -0.4 is 10.6 Å². The maximum atomic E-state index is 12.0. The predicted molar refractivity (Wildman–Crippen MR) is 86.5 cm³/mol. The van der Waals surface area contributed by atoms with Crippen LogP contribution in [0.5, 0.6) is 0 Å². The van der Waals surface area contributed by atoms with Crippen molar-refractivity contribution >= 4 is 17.5 Å². The fraction of sp³-hybridized carbons (Fsp3) is 0.294. The Bertz CT molecular complexity index is 657. The number of hydrogen-bond acceptors (Lipinski definition) is 2. The topological polar surface area (TPSA) is 63.1 Å². The van der Waals surface area contributed by atoms with Crippen LogP contribution in [0.2, 0.25) is 0 Å². The Balaban J connectivity index is 1.90. The van der Waals surface area contributed by atoms with Crippen LogP contribution >= 0.6 is 0 Å². The van der Waals surface area contributed by atoms with Crippen molar-refractivity contribution in [3.8, 4) is 0 Å². The molecule has 0 bridgehead atoms. The summed E-state index contributed by atoms with van der Waals surface area (Å²) in [5, 5.41) is 5.71. The smallest absolute Gasteiger partial charge is 0.268 e. The van der Waals surface area contributed by atoms with E-state index < -0.39 is 0 Å². The van der Waals surface area contributed by atoms with Gasteiger partial charge in [0.2, 0.25) is 5.91 Å². The molecule has 0 unspecified atom stereocenters. The highest BCUT2D eigenvalue weighted by Gasteiger charge is 2.09. The van der Waals surface area contributed by atoms with E-state index in [9.17, 15) is 9.59 Å². The lowest BCUT2D eigenvalue weighted by Crippen LogP contribution is -2.24. The Morgan fingerprint density at radius 3 is 2.36 bits per heavy atom. The summed E-state index contributed by atoms with van der Waals surface area (Å²) in [5.41, 5.74) is 2.36. The molecule has 0 radical (unpaired) electrons. The van der Waals surface area contributed by atoms with Crippen LogP contribution in [-0.2, 0) is 18.4 Å². The van der Waals surface area contributed by atoms with E-state index in [1.54, 1.807) is 10.6 Å². The monoisotopic (exact) mass is 299 g/mol. The minimum absolute atomic E-state index is 0.00948. The maximum Gasteiger partial charge on any atom is 0.268 e. The summed E-state index contributed by atoms with van der Waals surface area (Å²) in [5.74, 6) is -0.168. The number of amides is 2. The first kappa shape index (κ1) is 15.8. The molecule has 2 amide bonds. The Morgan fingerprint density at radius 2 is 1.82 bits per heavy atom. The largest absolute Gasteiger partial charge is 0.347 e. The molecular weight excluding hydrogens is 278 g/mol. The van der Waals surface area contributed by atoms with E-state index in [1.807, 2.05) is 57.4 Å². The normalized spacial score (nSPS) is 10.5. The van der Waals surface area contributed by atoms with Crippen molar-refractivity contribution in [3.63, 3.8) is 0 Å². The van der Waals surface area contributed by atoms with E-state index in [4.69, 9.17) is 0 Å². The number of nitrogens with one attached hydrogen (secondary N) is 2. The summed E-state index contributed by atoms with van der Waals surface area (Å²) in [6, 6.07) is 11.1. The highest BCUT2D eigenvalue weighted by molar-refractivity contribution is 5.93. The SMILES string of the molecule is CC(C)C(=O)Nc1ccc(CNC(=O)c2cccn2C)cc1. The van der Waals surface area contributed by atoms with Crippen LogP contribution in [-0.4, -0.2) is 16.4 Å². The van der Waals surface area contributed by atoms with Crippen molar-refractivity contribution in [2.75, 3.05) is 5.32 Å². The number of aryl methyl sites for hydroxylation is 1. The molecule has 2 N–H and O–H groups in total. The number of anilines is 1. The fourth-order valence-corrected chi connectivity index (χ4v) is 1.96. The average molecular weight is 299 g/mol. The molecule has 1 heterocycles. The van der Waals surface area contributed by atoms with Gasteiger partial charge in [0.1, 0.15) is 5.69 Å². The van der Waals surface area contributed by atoms with E-state index in [0.29, 0.717) is 12.2 Å². The van der Waals surface area contributed by atoms with E-state index in [1.165, 1.54) is 0 Å². The minimum Gasteiger partial charge on any atom is -0.347 e. The molecule has 0 aliphatic rings. The molecule has 5 nitrogen and oxygen atoms in total. The second-order valence-electron chi connectivity index (χ2n) is 5.53. The molecule has 0 spiro atoms. The van der Waals surface area contributed by atoms with E-state index in [2.05, 4.69) is 10.6 Å². The van der Waals surface area contributed by atoms with Crippen LogP contribution in [0.25, 0.3) is 0 Å². The lowest BCUT2D eigenvalue weighted by molar-refractivity contribution is -0.118. The van der Waals surface area contributed by atoms with Crippen molar-refractivity contribution in [2.45, 2.75) is 20.4 Å². The third kappa shape index (κ3) is 3.97. The van der Waals surface area contributed by atoms with Gasteiger partial charge in [-0.2, -0.15) is 0 Å². The Labute approximate surface area is 130 Å². The van der Waals surface area contributed by atoms with Gasteiger partial charge in [-0.05, 0) is 29.8 Å². The Kier molecular flexibility index (Phi) is 4.99. The molecule has 5 heteroatoms. The fourth-order valence-electron chi connectivity index (χ4n) is 1.96. The zero-order valence-corrected chi connectivity index (χ0v) is 13.1. The maximum absolute atomic E-state index is 12.0. The molecular formula is C17H21N3O2. The molecule has 2 aromatic rings. The average Bonchev–Trinajstić information content (AvgIpc) is 2.92. The number of hydrogen-bond donors (Lipinski definition) is 2. The van der Waals surface area contributed by atoms with Crippen molar-refractivity contribution in [2.24, 2.45) is 13.0 Å². The molecule has 0 saturated heterocycles. The van der Waals surface area contributed by atoms with Gasteiger partial charge in [0.15, 0.2) is 0 Å². The zero-order valence-electron chi connectivity index (χ0n) is 13.1. The number of benzene rings is 1. The lowest BCUT2D eigenvalue weighted by Gasteiger charge is -2.09. The quantitative estimate of drug-likeness (QED) is 0.891. The molecule has 2 rings (SSSR count). The number of carbonyl (C=O) groups is 2. The molecule has 1 aromatic carbocycles. The second-order valence-corrected chi connectivity index (χ2v) is 5.53. The van der Waals surface area contributed by atoms with Crippen LogP contribution in [0.3, 0.4) is 0 Å². The highest BCUT2D eigenvalue weighted by Crippen LogP contribution is 2.11. The van der Waals surface area contributed by atoms with Gasteiger partial charge in [0, 0.05) is 31.4 Å². The molecule has 22 heavy (non-hydrogen) atoms. The van der Waals surface area contributed by atoms with Crippen molar-refractivity contribution < 1.29 is 9.59 Å². The zero-order chi connectivity index (χ0) is 16.1. The Morgan fingerprint density at radius 1 is 1.14 bits per heavy atom. The van der Waals surface area contributed by atoms with Crippen molar-refractivity contribution in [3.05, 3.63) is 53.9 Å². The summed E-state index contributed by atoms with van der Waals surface area (Å²) in [6.45, 7) is 4.15. The molecule has 116 valence electrons. The summed E-state index contributed by atoms with van der Waals surface area (Å²) in [6.07, 6.45) is 1.83. The van der Waals surface area contributed by atoms with Gasteiger partial charge in [0.25, 0.3) is 5.91 Å². The van der Waals surface area contributed by atoms with Crippen molar-refractivity contribution in [1.29, 1.82) is 0 Å². The summed E-state index contributed by atoms with van der Waals surface area (Å²) in [4.78, 5) is 23.6. The van der Waals surface area contributed by atoms with E-state index >= 15 is 0 Å². The molecule has 0 fully saturated rings. The van der Waals surface area contributed by atoms with Gasteiger partial charge in [-0.15, -0.1) is 0 Å². The van der Waals surface area contributed by atoms with Crippen LogP contribution in [0.4, 0.5) is 5.69 Å². The second kappa shape index (κ2) is 6.93. The van der Waals surface area contributed by atoms with Gasteiger partial charge < -0.3 is 15.2 Å². The first-order chi connectivity index (χ1) is 10.5. The number of carbonyl (C=O) groups excluding carboxylic acids is 2. The molecule has 0 aliphatic heterocycles. The van der Waals surface area contributed by atoms with Crippen LogP contribution in [0.1, 0.15) is 29.9 Å². The first-order valence-electron chi connectivity index (χ1n) is 7.26. The lowest BCUT2D eigenvalue weighted by atomic mass is 10.1. The summed E-state index contributed by atoms with van der Waals surface area (Å²) < 4.78 is 1.78. The first-order valence-corrected chi connectivity index (χ1v) is 7.26. The third-order valence-electron chi connectivity index (χ3n) is 3.38. The molecule has 0 saturated carbocycles. The standard InChI is InChI=1S/C17H21N3O2/c1-12(2)16(21)19-14-8-6-13(7-9-14)11-18-17(22)15-5-4-10-20(15)3/h4-10,12H,11H2,1-3H3,(H,18,22)(H,19,21). The van der Waals surface area contributed by atoms with E-state index in [0.717, 1.165) is 11.3 Å². The number of rotatable bonds is 5. The van der Waals surface area contributed by atoms with Crippen molar-refractivity contribution in [1.82, 2.24) is 9.88 Å². The number of aromatic nitrogens is 1. The van der Waals surface area contributed by atoms with Gasteiger partial charge in [0.05, 0.1) is 0 Å². The van der Waals surface area contributed by atoms with Crippen LogP contribution in [0, 0.1) is 5.92 Å². The van der Waals surface area contributed by atoms with Gasteiger partial charge in [-0.3, -0.25) is 9.59 Å². The van der Waals surface area contributed by atoms with Gasteiger partial charge in [-0.25, -0.2) is 0 Å². The third-order valence-corrected chi connectivity index (χ3v) is 3.38. The molecule has 1 aromatic heterocycles. The van der Waals surface area contributed by atoms with Gasteiger partial charge >= 0.3 is 0 Å². The molecule has 0 aliphatic carbocycles. The van der Waals surface area contributed by atoms with E-state index in [-0.39, 0.29) is 17.7 Å². The summed E-state index contributed by atoms with van der Waals surface area (Å²) in [7, 11) is 1.83. The minimum atomic E-state index is -0.107. The Hall–Kier alpha value is -2.56.